The van der Waals surface area contributed by atoms with Crippen LogP contribution in [0.5, 0.6) is 0 Å². The van der Waals surface area contributed by atoms with E-state index in [0.717, 1.165) is 35.9 Å². The van der Waals surface area contributed by atoms with Crippen molar-refractivity contribution in [3.8, 4) is 6.07 Å². The van der Waals surface area contributed by atoms with Crippen molar-refractivity contribution < 1.29 is 0 Å². The Labute approximate surface area is 153 Å². The molecule has 1 saturated heterocycles. The third-order valence-corrected chi connectivity index (χ3v) is 4.93. The average molecular weight is 345 g/mol. The number of anilines is 1. The van der Waals surface area contributed by atoms with E-state index in [-0.39, 0.29) is 5.41 Å². The molecule has 0 saturated carbocycles. The molecule has 0 spiro atoms. The summed E-state index contributed by atoms with van der Waals surface area (Å²) in [5.41, 5.74) is 3.77. The zero-order chi connectivity index (χ0) is 18.5. The van der Waals surface area contributed by atoms with Crippen molar-refractivity contribution in [2.24, 2.45) is 0 Å². The van der Waals surface area contributed by atoms with E-state index in [9.17, 15) is 5.26 Å². The third kappa shape index (κ3) is 2.62. The van der Waals surface area contributed by atoms with Gasteiger partial charge in [0.25, 0.3) is 0 Å². The number of para-hydroxylation sites is 2. The fraction of sp³-hybridized carbons (Fsp3) is 0.381. The van der Waals surface area contributed by atoms with E-state index in [4.69, 9.17) is 4.98 Å². The molecule has 132 valence electrons. The minimum atomic E-state index is -0.0289. The third-order valence-electron chi connectivity index (χ3n) is 4.93. The van der Waals surface area contributed by atoms with Gasteiger partial charge in [-0.15, -0.1) is 0 Å². The van der Waals surface area contributed by atoms with Crippen LogP contribution in [-0.4, -0.2) is 27.6 Å². The summed E-state index contributed by atoms with van der Waals surface area (Å²) in [5, 5.41) is 9.39. The van der Waals surface area contributed by atoms with Gasteiger partial charge in [-0.2, -0.15) is 5.26 Å². The highest BCUT2D eigenvalue weighted by Crippen LogP contribution is 2.35. The van der Waals surface area contributed by atoms with Crippen LogP contribution < -0.4 is 4.90 Å². The molecule has 0 bridgehead atoms. The number of imidazole rings is 1. The van der Waals surface area contributed by atoms with Gasteiger partial charge in [0.15, 0.2) is 0 Å². The van der Waals surface area contributed by atoms with E-state index in [1.165, 1.54) is 5.52 Å². The highest BCUT2D eigenvalue weighted by molar-refractivity contribution is 5.76. The smallest absolute Gasteiger partial charge is 0.146 e. The lowest BCUT2D eigenvalue weighted by molar-refractivity contribution is 0.371. The maximum atomic E-state index is 9.39. The Hall–Kier alpha value is -2.87. The molecule has 0 atom stereocenters. The molecule has 1 aliphatic rings. The van der Waals surface area contributed by atoms with Crippen LogP contribution in [-0.2, 0) is 5.41 Å². The fourth-order valence-electron chi connectivity index (χ4n) is 3.61. The molecule has 5 nitrogen and oxygen atoms in total. The number of hydrogen-bond donors (Lipinski definition) is 0. The summed E-state index contributed by atoms with van der Waals surface area (Å²) >= 11 is 0. The number of hydrogen-bond acceptors (Lipinski definition) is 4. The predicted octanol–water partition coefficient (Wildman–Crippen LogP) is 3.97. The normalized spacial score (nSPS) is 15.1. The first-order valence-corrected chi connectivity index (χ1v) is 8.98. The van der Waals surface area contributed by atoms with Crippen molar-refractivity contribution >= 4 is 16.9 Å². The highest BCUT2D eigenvalue weighted by Gasteiger charge is 2.35. The topological polar surface area (TPSA) is 57.7 Å². The molecule has 5 heteroatoms. The van der Waals surface area contributed by atoms with Crippen LogP contribution in [0.4, 0.5) is 5.82 Å². The van der Waals surface area contributed by atoms with Crippen LogP contribution in [0.2, 0.25) is 0 Å². The second-order valence-corrected chi connectivity index (χ2v) is 8.04. The van der Waals surface area contributed by atoms with Crippen LogP contribution in [0, 0.1) is 18.3 Å². The number of rotatable bonds is 2. The summed E-state index contributed by atoms with van der Waals surface area (Å²) in [4.78, 5) is 11.7. The minimum absolute atomic E-state index is 0.0289. The van der Waals surface area contributed by atoms with Gasteiger partial charge in [0.2, 0.25) is 0 Å². The van der Waals surface area contributed by atoms with Crippen molar-refractivity contribution in [3.05, 3.63) is 53.5 Å². The summed E-state index contributed by atoms with van der Waals surface area (Å²) in [6, 6.07) is 14.7. The summed E-state index contributed by atoms with van der Waals surface area (Å²) in [6.07, 6.45) is 0. The standard InChI is InChI=1S/C21H23N5/c1-14-9-10-15(11-22)19(23-14)25-12-16(13-25)26-18-8-6-5-7-17(18)24-20(26)21(2,3)4/h5-10,16H,12-13H2,1-4H3. The highest BCUT2D eigenvalue weighted by atomic mass is 15.3. The molecule has 1 fully saturated rings. The Bertz CT molecular complexity index is 1010. The van der Waals surface area contributed by atoms with Crippen LogP contribution in [0.15, 0.2) is 36.4 Å². The second kappa shape index (κ2) is 5.84. The zero-order valence-electron chi connectivity index (χ0n) is 15.7. The molecule has 1 aromatic carbocycles. The fourth-order valence-corrected chi connectivity index (χ4v) is 3.61. The molecular weight excluding hydrogens is 322 g/mol. The first-order chi connectivity index (χ1) is 12.4. The quantitative estimate of drug-likeness (QED) is 0.705. The van der Waals surface area contributed by atoms with Crippen LogP contribution >= 0.6 is 0 Å². The Morgan fingerprint density at radius 2 is 1.81 bits per heavy atom. The van der Waals surface area contributed by atoms with Gasteiger partial charge in [0.05, 0.1) is 22.6 Å². The van der Waals surface area contributed by atoms with E-state index in [1.54, 1.807) is 0 Å². The SMILES string of the molecule is Cc1ccc(C#N)c(N2CC(n3c(C(C)(C)C)nc4ccccc43)C2)n1. The van der Waals surface area contributed by atoms with Gasteiger partial charge in [-0.3, -0.25) is 0 Å². The van der Waals surface area contributed by atoms with Gasteiger partial charge in [0.1, 0.15) is 17.7 Å². The first-order valence-electron chi connectivity index (χ1n) is 8.98. The van der Waals surface area contributed by atoms with E-state index in [0.29, 0.717) is 11.6 Å². The number of benzene rings is 1. The second-order valence-electron chi connectivity index (χ2n) is 8.04. The lowest BCUT2D eigenvalue weighted by Crippen LogP contribution is -2.49. The van der Waals surface area contributed by atoms with E-state index in [1.807, 2.05) is 25.1 Å². The number of fused-ring (bicyclic) bond motifs is 1. The van der Waals surface area contributed by atoms with Crippen LogP contribution in [0.1, 0.15) is 43.9 Å². The largest absolute Gasteiger partial charge is 0.351 e. The maximum absolute atomic E-state index is 9.39. The number of pyridine rings is 1. The molecule has 2 aromatic heterocycles. The molecule has 0 radical (unpaired) electrons. The summed E-state index contributed by atoms with van der Waals surface area (Å²) in [7, 11) is 0. The van der Waals surface area contributed by atoms with E-state index >= 15 is 0 Å². The minimum Gasteiger partial charge on any atom is -0.351 e. The van der Waals surface area contributed by atoms with E-state index < -0.39 is 0 Å². The average Bonchev–Trinajstić information content (AvgIpc) is 2.94. The Balaban J connectivity index is 1.70. The maximum Gasteiger partial charge on any atom is 0.146 e. The molecule has 3 heterocycles. The Kier molecular flexibility index (Phi) is 3.73. The molecule has 0 amide bonds. The molecule has 0 N–H and O–H groups in total. The van der Waals surface area contributed by atoms with Gasteiger partial charge in [-0.1, -0.05) is 32.9 Å². The molecule has 4 rings (SSSR count). The van der Waals surface area contributed by atoms with Crippen molar-refractivity contribution in [1.82, 2.24) is 14.5 Å². The van der Waals surface area contributed by atoms with Gasteiger partial charge in [0, 0.05) is 24.2 Å². The number of aromatic nitrogens is 3. The number of nitriles is 1. The molecule has 0 aliphatic carbocycles. The van der Waals surface area contributed by atoms with Gasteiger partial charge >= 0.3 is 0 Å². The van der Waals surface area contributed by atoms with Crippen molar-refractivity contribution in [3.63, 3.8) is 0 Å². The predicted molar refractivity (Wildman–Crippen MR) is 103 cm³/mol. The number of nitrogens with zero attached hydrogens (tertiary/aromatic N) is 5. The van der Waals surface area contributed by atoms with Crippen molar-refractivity contribution in [2.45, 2.75) is 39.2 Å². The number of aryl methyl sites for hydroxylation is 1. The Morgan fingerprint density at radius 3 is 2.50 bits per heavy atom. The first kappa shape index (κ1) is 16.6. The van der Waals surface area contributed by atoms with Gasteiger partial charge in [-0.05, 0) is 31.2 Å². The van der Waals surface area contributed by atoms with Gasteiger partial charge in [-0.25, -0.2) is 9.97 Å². The summed E-state index contributed by atoms with van der Waals surface area (Å²) in [5.74, 6) is 1.91. The van der Waals surface area contributed by atoms with Crippen molar-refractivity contribution in [2.75, 3.05) is 18.0 Å². The van der Waals surface area contributed by atoms with E-state index in [2.05, 4.69) is 59.5 Å². The molecule has 3 aromatic rings. The summed E-state index contributed by atoms with van der Waals surface area (Å²) in [6.45, 7) is 10.3. The summed E-state index contributed by atoms with van der Waals surface area (Å²) < 4.78 is 2.38. The molecule has 26 heavy (non-hydrogen) atoms. The lowest BCUT2D eigenvalue weighted by atomic mass is 9.94. The van der Waals surface area contributed by atoms with Crippen LogP contribution in [0.25, 0.3) is 11.0 Å². The molecular formula is C21H23N5. The van der Waals surface area contributed by atoms with Crippen LogP contribution in [0.3, 0.4) is 0 Å². The zero-order valence-corrected chi connectivity index (χ0v) is 15.7. The van der Waals surface area contributed by atoms with Gasteiger partial charge < -0.3 is 9.47 Å². The molecule has 1 aliphatic heterocycles. The monoisotopic (exact) mass is 345 g/mol. The molecule has 0 unspecified atom stereocenters. The Morgan fingerprint density at radius 1 is 1.08 bits per heavy atom. The van der Waals surface area contributed by atoms with Crippen molar-refractivity contribution in [1.29, 1.82) is 5.26 Å². The lowest BCUT2D eigenvalue weighted by Gasteiger charge is -2.43.